The van der Waals surface area contributed by atoms with E-state index in [-0.39, 0.29) is 11.4 Å². The van der Waals surface area contributed by atoms with Crippen LogP contribution in [0.3, 0.4) is 0 Å². The van der Waals surface area contributed by atoms with Crippen LogP contribution in [0, 0.1) is 0 Å². The number of halogens is 1. The largest absolute Gasteiger partial charge is 0.382 e. The molecule has 4 rings (SSSR count). The number of carbonyl (C=O) groups is 1. The number of rotatable bonds is 3. The number of nitrogens with one attached hydrogen (secondary N) is 2. The van der Waals surface area contributed by atoms with Crippen LogP contribution in [-0.4, -0.2) is 32.3 Å². The number of amides is 1. The van der Waals surface area contributed by atoms with Gasteiger partial charge in [0.25, 0.3) is 0 Å². The highest BCUT2D eigenvalue weighted by atomic mass is 35.5. The third-order valence-corrected chi connectivity index (χ3v) is 5.60. The van der Waals surface area contributed by atoms with Crippen LogP contribution in [0.25, 0.3) is 11.3 Å². The summed E-state index contributed by atoms with van der Waals surface area (Å²) in [6.45, 7) is 0. The molecule has 6 nitrogen and oxygen atoms in total. The lowest BCUT2D eigenvalue weighted by Gasteiger charge is -2.37. The number of hydrogen-bond donors (Lipinski definition) is 2. The average molecular weight is 360 g/mol. The Labute approximate surface area is 152 Å². The monoisotopic (exact) mass is 359 g/mol. The van der Waals surface area contributed by atoms with Crippen molar-refractivity contribution in [2.45, 2.75) is 50.1 Å². The molecule has 2 aromatic rings. The van der Waals surface area contributed by atoms with Crippen molar-refractivity contribution in [2.24, 2.45) is 7.05 Å². The number of pyridine rings is 1. The third-order valence-electron chi connectivity index (χ3n) is 5.40. The highest BCUT2D eigenvalue weighted by molar-refractivity contribution is 6.29. The summed E-state index contributed by atoms with van der Waals surface area (Å²) in [6.07, 6.45) is 9.43. The molecule has 2 aliphatic rings. The number of carbonyl (C=O) groups excluding carboxylic acids is 1. The molecule has 2 N–H and O–H groups in total. The van der Waals surface area contributed by atoms with Crippen molar-refractivity contribution in [1.82, 2.24) is 20.1 Å². The molecule has 0 unspecified atom stereocenters. The number of hydrogen-bond acceptors (Lipinski definition) is 4. The first-order valence-corrected chi connectivity index (χ1v) is 9.14. The molecule has 25 heavy (non-hydrogen) atoms. The Bertz CT molecular complexity index is 795. The van der Waals surface area contributed by atoms with Crippen molar-refractivity contribution in [3.05, 3.63) is 29.7 Å². The minimum atomic E-state index is 0.0367. The van der Waals surface area contributed by atoms with Crippen LogP contribution in [0.2, 0.25) is 5.15 Å². The summed E-state index contributed by atoms with van der Waals surface area (Å²) < 4.78 is 1.78. The summed E-state index contributed by atoms with van der Waals surface area (Å²) in [6, 6.07) is 4.21. The number of aromatic nitrogens is 3. The molecule has 2 aromatic heterocycles. The first-order valence-electron chi connectivity index (χ1n) is 8.76. The van der Waals surface area contributed by atoms with Crippen molar-refractivity contribution in [3.8, 4) is 11.3 Å². The molecule has 2 fully saturated rings. The van der Waals surface area contributed by atoms with Gasteiger partial charge in [-0.1, -0.05) is 11.6 Å². The standard InChI is InChI=1S/C18H22ClN5O/c1-24-9-5-14(23-24)13-11-20-16(19)10-15(13)21-12-2-6-18(7-3-12)8-4-17(25)22-18/h5,9-12H,2-4,6-8H2,1H3,(H,20,21)(H,22,25). The molecule has 1 saturated carbocycles. The Morgan fingerprint density at radius 1 is 1.36 bits per heavy atom. The number of anilines is 1. The van der Waals surface area contributed by atoms with Gasteiger partial charge in [-0.3, -0.25) is 9.48 Å². The van der Waals surface area contributed by atoms with Crippen LogP contribution in [0.4, 0.5) is 5.69 Å². The second-order valence-corrected chi connectivity index (χ2v) is 7.56. The van der Waals surface area contributed by atoms with E-state index in [0.29, 0.717) is 17.6 Å². The second kappa shape index (κ2) is 6.33. The minimum absolute atomic E-state index is 0.0367. The smallest absolute Gasteiger partial charge is 0.220 e. The predicted molar refractivity (Wildman–Crippen MR) is 97.4 cm³/mol. The van der Waals surface area contributed by atoms with E-state index >= 15 is 0 Å². The maximum absolute atomic E-state index is 11.6. The second-order valence-electron chi connectivity index (χ2n) is 7.17. The van der Waals surface area contributed by atoms with Crippen molar-refractivity contribution in [2.75, 3.05) is 5.32 Å². The van der Waals surface area contributed by atoms with Crippen molar-refractivity contribution in [1.29, 1.82) is 0 Å². The van der Waals surface area contributed by atoms with E-state index < -0.39 is 0 Å². The first kappa shape index (κ1) is 16.4. The van der Waals surface area contributed by atoms with Gasteiger partial charge in [-0.25, -0.2) is 4.98 Å². The Morgan fingerprint density at radius 3 is 2.80 bits per heavy atom. The summed E-state index contributed by atoms with van der Waals surface area (Å²) in [5, 5.41) is 11.8. The van der Waals surface area contributed by atoms with Gasteiger partial charge in [-0.05, 0) is 44.2 Å². The Hall–Kier alpha value is -2.08. The zero-order valence-electron chi connectivity index (χ0n) is 14.3. The molecule has 0 radical (unpaired) electrons. The van der Waals surface area contributed by atoms with Gasteiger partial charge in [0, 0.05) is 48.7 Å². The van der Waals surface area contributed by atoms with Crippen molar-refractivity contribution >= 4 is 23.2 Å². The SMILES string of the molecule is Cn1ccc(-c2cnc(Cl)cc2NC2CCC3(CCC(=O)N3)CC2)n1. The molecule has 1 saturated heterocycles. The van der Waals surface area contributed by atoms with Gasteiger partial charge in [0.1, 0.15) is 5.15 Å². The van der Waals surface area contributed by atoms with E-state index in [1.165, 1.54) is 0 Å². The molecular formula is C18H22ClN5O. The van der Waals surface area contributed by atoms with E-state index in [2.05, 4.69) is 20.7 Å². The molecule has 1 aliphatic heterocycles. The molecule has 7 heteroatoms. The lowest BCUT2D eigenvalue weighted by atomic mass is 9.78. The van der Waals surface area contributed by atoms with E-state index in [0.717, 1.165) is 49.0 Å². The lowest BCUT2D eigenvalue weighted by molar-refractivity contribution is -0.120. The molecule has 132 valence electrons. The van der Waals surface area contributed by atoms with Gasteiger partial charge in [0.2, 0.25) is 5.91 Å². The number of nitrogens with zero attached hydrogens (tertiary/aromatic N) is 3. The summed E-state index contributed by atoms with van der Waals surface area (Å²) in [5.74, 6) is 0.199. The summed E-state index contributed by atoms with van der Waals surface area (Å²) in [5.41, 5.74) is 2.84. The van der Waals surface area contributed by atoms with Crippen LogP contribution in [-0.2, 0) is 11.8 Å². The van der Waals surface area contributed by atoms with Gasteiger partial charge >= 0.3 is 0 Å². The fourth-order valence-electron chi connectivity index (χ4n) is 4.00. The molecule has 1 spiro atoms. The molecule has 0 atom stereocenters. The van der Waals surface area contributed by atoms with Crippen molar-refractivity contribution in [3.63, 3.8) is 0 Å². The molecule has 0 aromatic carbocycles. The minimum Gasteiger partial charge on any atom is -0.382 e. The van der Waals surface area contributed by atoms with Gasteiger partial charge in [0.15, 0.2) is 0 Å². The highest BCUT2D eigenvalue weighted by Crippen LogP contribution is 2.37. The molecule has 1 amide bonds. The normalized spacial score (nSPS) is 26.0. The van der Waals surface area contributed by atoms with Crippen molar-refractivity contribution < 1.29 is 4.79 Å². The fraction of sp³-hybridized carbons (Fsp3) is 0.500. The van der Waals surface area contributed by atoms with Crippen LogP contribution < -0.4 is 10.6 Å². The summed E-state index contributed by atoms with van der Waals surface area (Å²) in [4.78, 5) is 15.8. The maximum atomic E-state index is 11.6. The first-order chi connectivity index (χ1) is 12.0. The van der Waals surface area contributed by atoms with Gasteiger partial charge < -0.3 is 10.6 Å². The van der Waals surface area contributed by atoms with E-state index in [4.69, 9.17) is 11.6 Å². The van der Waals surface area contributed by atoms with E-state index in [1.807, 2.05) is 25.4 Å². The van der Waals surface area contributed by atoms with Gasteiger partial charge in [-0.15, -0.1) is 0 Å². The number of aryl methyl sites for hydroxylation is 1. The third kappa shape index (κ3) is 3.35. The Morgan fingerprint density at radius 2 is 2.16 bits per heavy atom. The summed E-state index contributed by atoms with van der Waals surface area (Å²) >= 11 is 6.12. The van der Waals surface area contributed by atoms with Gasteiger partial charge in [-0.2, -0.15) is 5.10 Å². The molecule has 3 heterocycles. The van der Waals surface area contributed by atoms with Gasteiger partial charge in [0.05, 0.1) is 5.69 Å². The molecule has 0 bridgehead atoms. The topological polar surface area (TPSA) is 71.8 Å². The molecule has 1 aliphatic carbocycles. The molecular weight excluding hydrogens is 338 g/mol. The predicted octanol–water partition coefficient (Wildman–Crippen LogP) is 3.14. The van der Waals surface area contributed by atoms with E-state index in [1.54, 1.807) is 10.9 Å². The fourth-order valence-corrected chi connectivity index (χ4v) is 4.15. The van der Waals surface area contributed by atoms with Crippen LogP contribution in [0.15, 0.2) is 24.5 Å². The average Bonchev–Trinajstić information content (AvgIpc) is 3.17. The Kier molecular flexibility index (Phi) is 4.15. The maximum Gasteiger partial charge on any atom is 0.220 e. The summed E-state index contributed by atoms with van der Waals surface area (Å²) in [7, 11) is 1.90. The van der Waals surface area contributed by atoms with E-state index in [9.17, 15) is 4.79 Å². The van der Waals surface area contributed by atoms with Crippen LogP contribution >= 0.6 is 11.6 Å². The van der Waals surface area contributed by atoms with Crippen LogP contribution in [0.5, 0.6) is 0 Å². The zero-order valence-corrected chi connectivity index (χ0v) is 15.0. The zero-order chi connectivity index (χ0) is 17.4. The quantitative estimate of drug-likeness (QED) is 0.826. The van der Waals surface area contributed by atoms with Crippen LogP contribution in [0.1, 0.15) is 38.5 Å². The Balaban J connectivity index is 1.50. The highest BCUT2D eigenvalue weighted by Gasteiger charge is 2.40. The lowest BCUT2D eigenvalue weighted by Crippen LogP contribution is -2.46.